The Morgan fingerprint density at radius 3 is 2.22 bits per heavy atom. The number of ether oxygens (including phenoxy) is 1. The van der Waals surface area contributed by atoms with E-state index in [4.69, 9.17) is 4.74 Å². The number of amides is 1. The van der Waals surface area contributed by atoms with E-state index in [0.717, 1.165) is 39.1 Å². The molecule has 0 spiro atoms. The quantitative estimate of drug-likeness (QED) is 0.569. The largest absolute Gasteiger partial charge is 0.379 e. The van der Waals surface area contributed by atoms with Crippen LogP contribution < -0.4 is 10.0 Å². The van der Waals surface area contributed by atoms with E-state index in [2.05, 4.69) is 28.8 Å². The summed E-state index contributed by atoms with van der Waals surface area (Å²) in [4.78, 5) is 15.4. The summed E-state index contributed by atoms with van der Waals surface area (Å²) in [5.74, 6) is 0.342. The Kier molecular flexibility index (Phi) is 8.67. The van der Waals surface area contributed by atoms with Gasteiger partial charge in [0.1, 0.15) is 0 Å². The topological polar surface area (TPSA) is 87.7 Å². The van der Waals surface area contributed by atoms with E-state index in [1.54, 1.807) is 42.5 Å². The van der Waals surface area contributed by atoms with Crippen molar-refractivity contribution in [2.24, 2.45) is 5.92 Å². The second-order valence-corrected chi connectivity index (χ2v) is 9.68. The first-order valence-corrected chi connectivity index (χ1v) is 12.7. The van der Waals surface area contributed by atoms with Gasteiger partial charge in [-0.25, -0.2) is 8.42 Å². The first kappa shape index (κ1) is 24.2. The van der Waals surface area contributed by atoms with E-state index in [1.165, 1.54) is 12.1 Å². The molecule has 1 atom stereocenters. The molecule has 1 aliphatic rings. The van der Waals surface area contributed by atoms with Gasteiger partial charge in [0.25, 0.3) is 15.9 Å². The Morgan fingerprint density at radius 1 is 1.00 bits per heavy atom. The molecular formula is C24H33N3O4S. The number of hydrogen-bond donors (Lipinski definition) is 2. The van der Waals surface area contributed by atoms with Gasteiger partial charge in [-0.15, -0.1) is 0 Å². The molecule has 1 fully saturated rings. The van der Waals surface area contributed by atoms with Crippen LogP contribution in [0.4, 0.5) is 5.69 Å². The van der Waals surface area contributed by atoms with Crippen molar-refractivity contribution >= 4 is 21.6 Å². The molecule has 7 nitrogen and oxygen atoms in total. The predicted octanol–water partition coefficient (Wildman–Crippen LogP) is 3.35. The fourth-order valence-electron chi connectivity index (χ4n) is 4.14. The fourth-order valence-corrected chi connectivity index (χ4v) is 5.22. The van der Waals surface area contributed by atoms with Crippen molar-refractivity contribution < 1.29 is 17.9 Å². The van der Waals surface area contributed by atoms with Crippen LogP contribution in [0.1, 0.15) is 37.0 Å². The maximum absolute atomic E-state index is 12.8. The van der Waals surface area contributed by atoms with Gasteiger partial charge in [0.15, 0.2) is 0 Å². The molecule has 0 aromatic heterocycles. The molecular weight excluding hydrogens is 426 g/mol. The van der Waals surface area contributed by atoms with Crippen LogP contribution in [0, 0.1) is 5.92 Å². The molecule has 1 amide bonds. The highest BCUT2D eigenvalue weighted by atomic mass is 32.2. The molecule has 0 bridgehead atoms. The molecule has 1 heterocycles. The minimum atomic E-state index is -3.66. The maximum Gasteiger partial charge on any atom is 0.261 e. The zero-order valence-electron chi connectivity index (χ0n) is 18.8. The number of hydrogen-bond acceptors (Lipinski definition) is 5. The van der Waals surface area contributed by atoms with Crippen LogP contribution in [0.2, 0.25) is 0 Å². The highest BCUT2D eigenvalue weighted by Gasteiger charge is 2.27. The number of nitrogens with one attached hydrogen (secondary N) is 2. The zero-order chi connectivity index (χ0) is 23.0. The summed E-state index contributed by atoms with van der Waals surface area (Å²) in [5, 5.41) is 3.08. The van der Waals surface area contributed by atoms with Crippen LogP contribution in [0.5, 0.6) is 0 Å². The van der Waals surface area contributed by atoms with Crippen molar-refractivity contribution in [2.45, 2.75) is 37.6 Å². The third-order valence-corrected chi connectivity index (χ3v) is 7.43. The number of carbonyl (C=O) groups is 1. The Balaban J connectivity index is 1.62. The first-order valence-electron chi connectivity index (χ1n) is 11.2. The van der Waals surface area contributed by atoms with Crippen molar-refractivity contribution in [3.8, 4) is 0 Å². The summed E-state index contributed by atoms with van der Waals surface area (Å²) in [6.45, 7) is 8.18. The first-order chi connectivity index (χ1) is 15.4. The molecule has 1 unspecified atom stereocenters. The second kappa shape index (κ2) is 11.4. The molecule has 8 heteroatoms. The average Bonchev–Trinajstić information content (AvgIpc) is 2.83. The van der Waals surface area contributed by atoms with Gasteiger partial charge in [-0.3, -0.25) is 14.4 Å². The van der Waals surface area contributed by atoms with Gasteiger partial charge in [0.2, 0.25) is 0 Å². The van der Waals surface area contributed by atoms with Gasteiger partial charge in [-0.1, -0.05) is 44.9 Å². The number of sulfonamides is 1. The third kappa shape index (κ3) is 6.31. The summed E-state index contributed by atoms with van der Waals surface area (Å²) in [7, 11) is -3.66. The molecule has 174 valence electrons. The van der Waals surface area contributed by atoms with Gasteiger partial charge < -0.3 is 10.1 Å². The zero-order valence-corrected chi connectivity index (χ0v) is 19.6. The van der Waals surface area contributed by atoms with E-state index in [9.17, 15) is 13.2 Å². The van der Waals surface area contributed by atoms with Gasteiger partial charge in [0.05, 0.1) is 18.1 Å². The molecule has 1 aliphatic heterocycles. The minimum Gasteiger partial charge on any atom is -0.379 e. The van der Waals surface area contributed by atoms with Gasteiger partial charge in [-0.2, -0.15) is 0 Å². The third-order valence-electron chi connectivity index (χ3n) is 6.03. The fraction of sp³-hybridized carbons (Fsp3) is 0.458. The van der Waals surface area contributed by atoms with E-state index in [0.29, 0.717) is 23.7 Å². The Bertz CT molecular complexity index is 954. The van der Waals surface area contributed by atoms with E-state index in [-0.39, 0.29) is 16.8 Å². The molecule has 2 aromatic carbocycles. The van der Waals surface area contributed by atoms with E-state index >= 15 is 0 Å². The van der Waals surface area contributed by atoms with Crippen molar-refractivity contribution in [3.05, 3.63) is 60.2 Å². The summed E-state index contributed by atoms with van der Waals surface area (Å²) in [6, 6.07) is 14.9. The number of carbonyl (C=O) groups excluding carboxylic acids is 1. The normalized spacial score (nSPS) is 16.0. The lowest BCUT2D eigenvalue weighted by atomic mass is 9.92. The summed E-state index contributed by atoms with van der Waals surface area (Å²) >= 11 is 0. The standard InChI is InChI=1S/C24H33N3O4S/c1-3-19(4-2)23(27-14-16-31-17-15-27)18-25-24(28)20-10-12-21(13-11-20)26-32(29,30)22-8-6-5-7-9-22/h5-13,19,23,26H,3-4,14-18H2,1-2H3,(H,25,28). The van der Waals surface area contributed by atoms with Crippen LogP contribution >= 0.6 is 0 Å². The lowest BCUT2D eigenvalue weighted by molar-refractivity contribution is 0.00191. The van der Waals surface area contributed by atoms with Gasteiger partial charge in [0, 0.05) is 36.9 Å². The molecule has 0 saturated carbocycles. The van der Waals surface area contributed by atoms with Crippen molar-refractivity contribution in [2.75, 3.05) is 37.6 Å². The SMILES string of the molecule is CCC(CC)C(CNC(=O)c1ccc(NS(=O)(=O)c2ccccc2)cc1)N1CCOCC1. The number of benzene rings is 2. The predicted molar refractivity (Wildman–Crippen MR) is 126 cm³/mol. The molecule has 2 N–H and O–H groups in total. The van der Waals surface area contributed by atoms with E-state index < -0.39 is 10.0 Å². The van der Waals surface area contributed by atoms with E-state index in [1.807, 2.05) is 0 Å². The lowest BCUT2D eigenvalue weighted by Crippen LogP contribution is -2.52. The minimum absolute atomic E-state index is 0.160. The number of nitrogens with zero attached hydrogens (tertiary/aromatic N) is 1. The van der Waals surface area contributed by atoms with Gasteiger partial charge in [-0.05, 0) is 42.3 Å². The Morgan fingerprint density at radius 2 is 1.62 bits per heavy atom. The van der Waals surface area contributed by atoms with Crippen molar-refractivity contribution in [1.82, 2.24) is 10.2 Å². The summed E-state index contributed by atoms with van der Waals surface area (Å²) < 4.78 is 33.0. The molecule has 32 heavy (non-hydrogen) atoms. The molecule has 3 rings (SSSR count). The van der Waals surface area contributed by atoms with Crippen LogP contribution in [0.15, 0.2) is 59.5 Å². The van der Waals surface area contributed by atoms with Crippen LogP contribution in [-0.4, -0.2) is 58.1 Å². The van der Waals surface area contributed by atoms with Crippen LogP contribution in [-0.2, 0) is 14.8 Å². The summed E-state index contributed by atoms with van der Waals surface area (Å²) in [5.41, 5.74) is 0.909. The van der Waals surface area contributed by atoms with Crippen molar-refractivity contribution in [3.63, 3.8) is 0 Å². The molecule has 0 radical (unpaired) electrons. The van der Waals surface area contributed by atoms with Crippen LogP contribution in [0.3, 0.4) is 0 Å². The highest BCUT2D eigenvalue weighted by molar-refractivity contribution is 7.92. The lowest BCUT2D eigenvalue weighted by Gasteiger charge is -2.38. The summed E-state index contributed by atoms with van der Waals surface area (Å²) in [6.07, 6.45) is 2.12. The molecule has 0 aliphatic carbocycles. The van der Waals surface area contributed by atoms with Crippen LogP contribution in [0.25, 0.3) is 0 Å². The smallest absolute Gasteiger partial charge is 0.261 e. The molecule has 1 saturated heterocycles. The Hall–Kier alpha value is -2.42. The van der Waals surface area contributed by atoms with Gasteiger partial charge >= 0.3 is 0 Å². The Labute approximate surface area is 191 Å². The number of rotatable bonds is 10. The number of morpholine rings is 1. The average molecular weight is 460 g/mol. The molecule has 2 aromatic rings. The highest BCUT2D eigenvalue weighted by Crippen LogP contribution is 2.20. The maximum atomic E-state index is 12.8. The number of anilines is 1. The van der Waals surface area contributed by atoms with Crippen molar-refractivity contribution in [1.29, 1.82) is 0 Å². The monoisotopic (exact) mass is 459 g/mol. The second-order valence-electron chi connectivity index (χ2n) is 8.00.